The van der Waals surface area contributed by atoms with E-state index in [-0.39, 0.29) is 0 Å². The maximum Gasteiger partial charge on any atom is 0.410 e. The molecule has 10 nitrogen and oxygen atoms in total. The van der Waals surface area contributed by atoms with E-state index in [1.54, 1.807) is 41.5 Å². The van der Waals surface area contributed by atoms with Crippen molar-refractivity contribution in [3.63, 3.8) is 0 Å². The summed E-state index contributed by atoms with van der Waals surface area (Å²) in [4.78, 5) is 46.5. The minimum Gasteiger partial charge on any atom is -0.481 e. The average Bonchev–Trinajstić information content (AvgIpc) is 3.31. The van der Waals surface area contributed by atoms with E-state index in [9.17, 15) is 45.5 Å². The summed E-state index contributed by atoms with van der Waals surface area (Å²) in [5.74, 6) is -10.5. The molecule has 0 spiro atoms. The van der Waals surface area contributed by atoms with E-state index in [0.29, 0.717) is 0 Å². The number of aliphatic carboxylic acids is 2. The molecule has 0 aromatic carbocycles. The molecule has 2 saturated heterocycles. The lowest BCUT2D eigenvalue weighted by Crippen LogP contribution is -2.36. The van der Waals surface area contributed by atoms with Crippen LogP contribution in [0.15, 0.2) is 0 Å². The molecule has 0 saturated carbocycles. The average molecular weight is 566 g/mol. The highest BCUT2D eigenvalue weighted by Crippen LogP contribution is 2.39. The number of rotatable bonds is 2. The van der Waals surface area contributed by atoms with Gasteiger partial charge >= 0.3 is 36.5 Å². The van der Waals surface area contributed by atoms with Gasteiger partial charge in [-0.1, -0.05) is 0 Å². The Morgan fingerprint density at radius 1 is 0.605 bits per heavy atom. The predicted molar refractivity (Wildman–Crippen MR) is 117 cm³/mol. The summed E-state index contributed by atoms with van der Waals surface area (Å²) in [6.07, 6.45) is -11.2. The minimum atomic E-state index is -4.65. The highest BCUT2D eigenvalue weighted by atomic mass is 19.4. The third-order valence-corrected chi connectivity index (χ3v) is 5.42. The van der Waals surface area contributed by atoms with Crippen LogP contribution in [-0.4, -0.2) is 93.9 Å². The van der Waals surface area contributed by atoms with Crippen LogP contribution in [0.5, 0.6) is 0 Å². The van der Waals surface area contributed by atoms with Crippen LogP contribution in [0.4, 0.5) is 35.9 Å². The second-order valence-corrected chi connectivity index (χ2v) is 11.0. The highest BCUT2D eigenvalue weighted by Gasteiger charge is 2.55. The summed E-state index contributed by atoms with van der Waals surface area (Å²) in [7, 11) is 0. The molecule has 0 bridgehead atoms. The van der Waals surface area contributed by atoms with Crippen molar-refractivity contribution in [1.29, 1.82) is 0 Å². The van der Waals surface area contributed by atoms with Crippen molar-refractivity contribution < 1.29 is 65.2 Å². The summed E-state index contributed by atoms with van der Waals surface area (Å²) in [5, 5.41) is 17.6. The summed E-state index contributed by atoms with van der Waals surface area (Å²) in [5.41, 5.74) is -1.68. The number of carboxylic acids is 2. The van der Waals surface area contributed by atoms with Gasteiger partial charge in [-0.3, -0.25) is 9.59 Å². The third-order valence-electron chi connectivity index (χ3n) is 5.42. The van der Waals surface area contributed by atoms with E-state index in [2.05, 4.69) is 0 Å². The van der Waals surface area contributed by atoms with Gasteiger partial charge in [-0.05, 0) is 41.5 Å². The Hall–Kier alpha value is -2.94. The highest BCUT2D eigenvalue weighted by molar-refractivity contribution is 5.75. The van der Waals surface area contributed by atoms with E-state index in [0.717, 1.165) is 9.80 Å². The monoisotopic (exact) mass is 566 g/mol. The molecule has 0 radical (unpaired) electrons. The predicted octanol–water partition coefficient (Wildman–Crippen LogP) is 4.23. The molecule has 0 aromatic heterocycles. The van der Waals surface area contributed by atoms with Crippen LogP contribution in [0.25, 0.3) is 0 Å². The van der Waals surface area contributed by atoms with Gasteiger partial charge in [0, 0.05) is 26.2 Å². The molecule has 2 aliphatic rings. The van der Waals surface area contributed by atoms with Crippen molar-refractivity contribution in [2.45, 2.75) is 65.1 Å². The van der Waals surface area contributed by atoms with Crippen molar-refractivity contribution >= 4 is 24.1 Å². The number of nitrogens with zero attached hydrogens (tertiary/aromatic N) is 2. The third kappa shape index (κ3) is 9.74. The summed E-state index contributed by atoms with van der Waals surface area (Å²) >= 11 is 0. The van der Waals surface area contributed by atoms with Crippen LogP contribution >= 0.6 is 0 Å². The molecule has 4 atom stereocenters. The van der Waals surface area contributed by atoms with Gasteiger partial charge in [0.2, 0.25) is 0 Å². The number of alkyl halides is 6. The molecule has 2 rings (SSSR count). The van der Waals surface area contributed by atoms with Crippen molar-refractivity contribution in [3.8, 4) is 0 Å². The number of hydrogen-bond acceptors (Lipinski definition) is 6. The zero-order chi connectivity index (χ0) is 30.0. The smallest absolute Gasteiger partial charge is 0.410 e. The first-order chi connectivity index (χ1) is 16.8. The number of carbonyl (C=O) groups excluding carboxylic acids is 2. The van der Waals surface area contributed by atoms with E-state index in [1.807, 2.05) is 0 Å². The quantitative estimate of drug-likeness (QED) is 0.475. The molecule has 16 heteroatoms. The first kappa shape index (κ1) is 33.1. The number of hydrogen-bond donors (Lipinski definition) is 2. The molecule has 2 fully saturated rings. The van der Waals surface area contributed by atoms with Crippen LogP contribution in [0.3, 0.4) is 0 Å². The molecule has 38 heavy (non-hydrogen) atoms. The fourth-order valence-corrected chi connectivity index (χ4v) is 3.72. The Morgan fingerprint density at radius 3 is 1.03 bits per heavy atom. The molecular weight excluding hydrogens is 534 g/mol. The van der Waals surface area contributed by atoms with Crippen molar-refractivity contribution in [1.82, 2.24) is 9.80 Å². The molecule has 0 aliphatic carbocycles. The summed E-state index contributed by atoms with van der Waals surface area (Å²) in [6, 6.07) is 0. The van der Waals surface area contributed by atoms with Gasteiger partial charge in [-0.25, -0.2) is 9.59 Å². The van der Waals surface area contributed by atoms with Crippen LogP contribution in [0.2, 0.25) is 0 Å². The SMILES string of the molecule is CC(C)(C)OC(=O)N1C[C@@H](C(F)(F)F)[C@H](C(=O)O)C1.CC(C)(C)OC(=O)N1C[C@H](C(=O)O)[C@@H](C(F)(F)F)C1. The van der Waals surface area contributed by atoms with Gasteiger partial charge in [0.25, 0.3) is 0 Å². The Kier molecular flexibility index (Phi) is 9.96. The molecule has 2 heterocycles. The van der Waals surface area contributed by atoms with E-state index < -0.39 is 97.5 Å². The number of carboxylic acid groups (broad SMARTS) is 2. The second-order valence-electron chi connectivity index (χ2n) is 11.0. The van der Waals surface area contributed by atoms with Crippen LogP contribution in [0, 0.1) is 23.7 Å². The minimum absolute atomic E-state index is 0.492. The normalized spacial score (nSPS) is 24.4. The fourth-order valence-electron chi connectivity index (χ4n) is 3.72. The van der Waals surface area contributed by atoms with Gasteiger partial charge < -0.3 is 29.5 Å². The fraction of sp³-hybridized carbons (Fsp3) is 0.818. The topological polar surface area (TPSA) is 134 Å². The van der Waals surface area contributed by atoms with Gasteiger partial charge in [0.1, 0.15) is 11.2 Å². The molecule has 2 N–H and O–H groups in total. The van der Waals surface area contributed by atoms with Gasteiger partial charge in [0.05, 0.1) is 23.7 Å². The zero-order valence-electron chi connectivity index (χ0n) is 21.6. The van der Waals surface area contributed by atoms with Gasteiger partial charge in [-0.2, -0.15) is 26.3 Å². The van der Waals surface area contributed by atoms with E-state index in [4.69, 9.17) is 19.7 Å². The van der Waals surface area contributed by atoms with Gasteiger partial charge in [0.15, 0.2) is 0 Å². The van der Waals surface area contributed by atoms with Crippen LogP contribution in [-0.2, 0) is 19.1 Å². The number of amides is 2. The maximum absolute atomic E-state index is 12.7. The first-order valence-corrected chi connectivity index (χ1v) is 11.4. The molecule has 2 amide bonds. The van der Waals surface area contributed by atoms with E-state index >= 15 is 0 Å². The first-order valence-electron chi connectivity index (χ1n) is 11.4. The number of likely N-dealkylation sites (tertiary alicyclic amines) is 2. The number of ether oxygens (including phenoxy) is 2. The molecule has 0 aromatic rings. The number of carbonyl (C=O) groups is 4. The Balaban J connectivity index is 0.000000380. The Bertz CT molecular complexity index is 822. The van der Waals surface area contributed by atoms with Crippen molar-refractivity contribution in [2.24, 2.45) is 23.7 Å². The zero-order valence-corrected chi connectivity index (χ0v) is 21.6. The maximum atomic E-state index is 12.7. The lowest BCUT2D eigenvalue weighted by molar-refractivity contribution is -0.188. The van der Waals surface area contributed by atoms with Crippen LogP contribution in [0.1, 0.15) is 41.5 Å². The molecular formula is C22H32F6N2O8. The van der Waals surface area contributed by atoms with Crippen molar-refractivity contribution in [2.75, 3.05) is 26.2 Å². The van der Waals surface area contributed by atoms with Crippen molar-refractivity contribution in [3.05, 3.63) is 0 Å². The lowest BCUT2D eigenvalue weighted by Gasteiger charge is -2.24. The second kappa shape index (κ2) is 11.4. The van der Waals surface area contributed by atoms with E-state index in [1.165, 1.54) is 0 Å². The standard InChI is InChI=1S/2C11H16F3NO4/c2*1-10(2,3)19-9(18)15-4-6(8(16)17)7(5-15)11(12,13)14/h2*6-7H,4-5H2,1-3H3,(H,16,17)/t2*6-,7-/m10/s1. The summed E-state index contributed by atoms with van der Waals surface area (Å²) < 4.78 is 86.1. The molecule has 0 unspecified atom stereocenters. The van der Waals surface area contributed by atoms with Crippen LogP contribution < -0.4 is 0 Å². The molecule has 2 aliphatic heterocycles. The molecule has 220 valence electrons. The lowest BCUT2D eigenvalue weighted by atomic mass is 9.96. The van der Waals surface area contributed by atoms with Gasteiger partial charge in [-0.15, -0.1) is 0 Å². The Labute approximate surface area is 214 Å². The summed E-state index contributed by atoms with van der Waals surface area (Å²) in [6.45, 7) is 7.13. The number of halogens is 6. The largest absolute Gasteiger partial charge is 0.481 e. The Morgan fingerprint density at radius 2 is 0.868 bits per heavy atom.